The van der Waals surface area contributed by atoms with Gasteiger partial charge in [-0.2, -0.15) is 11.8 Å². The average molecular weight is 329 g/mol. The second-order valence-corrected chi connectivity index (χ2v) is 7.50. The number of nitrogens with zero attached hydrogens (tertiary/aromatic N) is 1. The van der Waals surface area contributed by atoms with Crippen LogP contribution >= 0.6 is 39.0 Å². The Hall–Kier alpha value is -0.260. The van der Waals surface area contributed by atoms with Crippen LogP contribution < -0.4 is 5.32 Å². The molecule has 2 aromatic rings. The Morgan fingerprint density at radius 2 is 2.41 bits per heavy atom. The largest absolute Gasteiger partial charge is 0.360 e. The van der Waals surface area contributed by atoms with Crippen molar-refractivity contribution in [3.63, 3.8) is 0 Å². The van der Waals surface area contributed by atoms with Crippen molar-refractivity contribution < 1.29 is 0 Å². The minimum Gasteiger partial charge on any atom is -0.360 e. The Morgan fingerprint density at radius 1 is 1.47 bits per heavy atom. The summed E-state index contributed by atoms with van der Waals surface area (Å²) in [6.45, 7) is 1.05. The van der Waals surface area contributed by atoms with Crippen molar-refractivity contribution in [1.82, 2.24) is 4.98 Å². The summed E-state index contributed by atoms with van der Waals surface area (Å²) in [5, 5.41) is 5.29. The highest BCUT2D eigenvalue weighted by Gasteiger charge is 2.15. The van der Waals surface area contributed by atoms with E-state index < -0.39 is 0 Å². The van der Waals surface area contributed by atoms with Crippen molar-refractivity contribution in [3.8, 4) is 0 Å². The standard InChI is InChI=1S/C12H13BrN2S2/c13-8-3-4-10-11(6-8)17-12(15-10)14-7-9-2-1-5-16-9/h3-4,6,9H,1-2,5,7H2,(H,14,15). The van der Waals surface area contributed by atoms with Crippen LogP contribution in [-0.2, 0) is 0 Å². The van der Waals surface area contributed by atoms with E-state index in [9.17, 15) is 0 Å². The molecule has 1 aliphatic heterocycles. The van der Waals surface area contributed by atoms with E-state index in [1.807, 2.05) is 6.07 Å². The number of rotatable bonds is 3. The van der Waals surface area contributed by atoms with Gasteiger partial charge in [-0.25, -0.2) is 4.98 Å². The summed E-state index contributed by atoms with van der Waals surface area (Å²) in [7, 11) is 0. The van der Waals surface area contributed by atoms with Crippen LogP contribution in [0.5, 0.6) is 0 Å². The summed E-state index contributed by atoms with van der Waals surface area (Å²) in [6.07, 6.45) is 2.71. The van der Waals surface area contributed by atoms with Crippen molar-refractivity contribution >= 4 is 54.4 Å². The van der Waals surface area contributed by atoms with E-state index in [4.69, 9.17) is 0 Å². The van der Waals surface area contributed by atoms with Gasteiger partial charge in [0.2, 0.25) is 0 Å². The smallest absolute Gasteiger partial charge is 0.183 e. The molecule has 1 aromatic heterocycles. The van der Waals surface area contributed by atoms with Crippen LogP contribution in [0.1, 0.15) is 12.8 Å². The normalized spacial score (nSPS) is 19.9. The van der Waals surface area contributed by atoms with Gasteiger partial charge < -0.3 is 5.32 Å². The van der Waals surface area contributed by atoms with Crippen LogP contribution in [0.2, 0.25) is 0 Å². The van der Waals surface area contributed by atoms with E-state index in [0.717, 1.165) is 26.9 Å². The third kappa shape index (κ3) is 2.77. The molecule has 2 heterocycles. The minimum absolute atomic E-state index is 0.772. The lowest BCUT2D eigenvalue weighted by Gasteiger charge is -2.07. The second-order valence-electron chi connectivity index (χ2n) is 4.15. The number of benzene rings is 1. The molecule has 2 nitrogen and oxygen atoms in total. The van der Waals surface area contributed by atoms with Crippen molar-refractivity contribution in [2.24, 2.45) is 0 Å². The molecule has 90 valence electrons. The Bertz CT molecular complexity index is 520. The van der Waals surface area contributed by atoms with Crippen molar-refractivity contribution in [3.05, 3.63) is 22.7 Å². The van der Waals surface area contributed by atoms with Crippen LogP contribution in [0.15, 0.2) is 22.7 Å². The SMILES string of the molecule is Brc1ccc2nc(NCC3CCCS3)sc2c1. The minimum atomic E-state index is 0.772. The van der Waals surface area contributed by atoms with Crippen molar-refractivity contribution in [1.29, 1.82) is 0 Å². The van der Waals surface area contributed by atoms with Crippen LogP contribution in [0, 0.1) is 0 Å². The molecule has 0 aliphatic carbocycles. The lowest BCUT2D eigenvalue weighted by molar-refractivity contribution is 0.805. The van der Waals surface area contributed by atoms with Gasteiger partial charge in [-0.1, -0.05) is 27.3 Å². The van der Waals surface area contributed by atoms with Gasteiger partial charge in [0.05, 0.1) is 10.2 Å². The first kappa shape index (κ1) is 11.8. The third-order valence-electron chi connectivity index (χ3n) is 2.86. The number of thiazole rings is 1. The van der Waals surface area contributed by atoms with E-state index in [0.29, 0.717) is 0 Å². The van der Waals surface area contributed by atoms with E-state index in [2.05, 4.69) is 50.1 Å². The average Bonchev–Trinajstić information content (AvgIpc) is 2.94. The molecule has 0 radical (unpaired) electrons. The van der Waals surface area contributed by atoms with E-state index in [1.165, 1.54) is 23.3 Å². The fourth-order valence-electron chi connectivity index (χ4n) is 1.98. The molecule has 3 rings (SSSR count). The van der Waals surface area contributed by atoms with Gasteiger partial charge >= 0.3 is 0 Å². The van der Waals surface area contributed by atoms with Crippen LogP contribution in [0.4, 0.5) is 5.13 Å². The van der Waals surface area contributed by atoms with E-state index in [-0.39, 0.29) is 0 Å². The Balaban J connectivity index is 1.72. The van der Waals surface area contributed by atoms with E-state index in [1.54, 1.807) is 11.3 Å². The first-order valence-corrected chi connectivity index (χ1v) is 8.39. The van der Waals surface area contributed by atoms with Crippen LogP contribution in [-0.4, -0.2) is 22.5 Å². The van der Waals surface area contributed by atoms with Crippen LogP contribution in [0.3, 0.4) is 0 Å². The van der Waals surface area contributed by atoms with Gasteiger partial charge in [-0.05, 0) is 36.8 Å². The van der Waals surface area contributed by atoms with Gasteiger partial charge in [0.25, 0.3) is 0 Å². The van der Waals surface area contributed by atoms with E-state index >= 15 is 0 Å². The molecule has 5 heteroatoms. The number of halogens is 1. The molecule has 1 N–H and O–H groups in total. The summed E-state index contributed by atoms with van der Waals surface area (Å²) < 4.78 is 2.35. The number of fused-ring (bicyclic) bond motifs is 1. The van der Waals surface area contributed by atoms with Crippen molar-refractivity contribution in [2.45, 2.75) is 18.1 Å². The fraction of sp³-hybridized carbons (Fsp3) is 0.417. The van der Waals surface area contributed by atoms with Gasteiger partial charge in [0.1, 0.15) is 0 Å². The lowest BCUT2D eigenvalue weighted by atomic mass is 10.2. The zero-order chi connectivity index (χ0) is 11.7. The third-order valence-corrected chi connectivity index (χ3v) is 5.72. The summed E-state index contributed by atoms with van der Waals surface area (Å²) in [5.41, 5.74) is 1.08. The molecular formula is C12H13BrN2S2. The summed E-state index contributed by atoms with van der Waals surface area (Å²) >= 11 is 7.30. The molecule has 1 atom stereocenters. The van der Waals surface area contributed by atoms with Gasteiger partial charge in [-0.15, -0.1) is 0 Å². The first-order chi connectivity index (χ1) is 8.31. The summed E-state index contributed by atoms with van der Waals surface area (Å²) in [6, 6.07) is 6.23. The molecule has 0 bridgehead atoms. The maximum atomic E-state index is 4.59. The number of anilines is 1. The predicted molar refractivity (Wildman–Crippen MR) is 81.3 cm³/mol. The highest BCUT2D eigenvalue weighted by Crippen LogP contribution is 2.30. The molecule has 0 saturated carbocycles. The topological polar surface area (TPSA) is 24.9 Å². The molecule has 1 fully saturated rings. The highest BCUT2D eigenvalue weighted by atomic mass is 79.9. The molecular weight excluding hydrogens is 316 g/mol. The number of aromatic nitrogens is 1. The Kier molecular flexibility index (Phi) is 3.59. The highest BCUT2D eigenvalue weighted by molar-refractivity contribution is 9.10. The summed E-state index contributed by atoms with van der Waals surface area (Å²) in [4.78, 5) is 4.59. The lowest BCUT2D eigenvalue weighted by Crippen LogP contribution is -2.13. The Labute approximate surface area is 117 Å². The zero-order valence-corrected chi connectivity index (χ0v) is 12.5. The molecule has 1 aliphatic rings. The second kappa shape index (κ2) is 5.16. The number of hydrogen-bond donors (Lipinski definition) is 1. The predicted octanol–water partition coefficient (Wildman–Crippen LogP) is 4.37. The molecule has 1 saturated heterocycles. The quantitative estimate of drug-likeness (QED) is 0.905. The van der Waals surface area contributed by atoms with Gasteiger partial charge in [0, 0.05) is 16.3 Å². The fourth-order valence-corrected chi connectivity index (χ4v) is 4.61. The van der Waals surface area contributed by atoms with Crippen molar-refractivity contribution in [2.75, 3.05) is 17.6 Å². The monoisotopic (exact) mass is 328 g/mol. The summed E-state index contributed by atoms with van der Waals surface area (Å²) in [5.74, 6) is 1.32. The molecule has 0 spiro atoms. The van der Waals surface area contributed by atoms with Gasteiger partial charge in [0.15, 0.2) is 5.13 Å². The molecule has 1 aromatic carbocycles. The number of hydrogen-bond acceptors (Lipinski definition) is 4. The zero-order valence-electron chi connectivity index (χ0n) is 9.28. The Morgan fingerprint density at radius 3 is 3.24 bits per heavy atom. The number of nitrogens with one attached hydrogen (secondary N) is 1. The number of thioether (sulfide) groups is 1. The molecule has 0 amide bonds. The maximum Gasteiger partial charge on any atom is 0.183 e. The maximum absolute atomic E-state index is 4.59. The van der Waals surface area contributed by atoms with Gasteiger partial charge in [-0.3, -0.25) is 0 Å². The molecule has 1 unspecified atom stereocenters. The molecule has 17 heavy (non-hydrogen) atoms. The first-order valence-electron chi connectivity index (χ1n) is 5.73. The van der Waals surface area contributed by atoms with Crippen LogP contribution in [0.25, 0.3) is 10.2 Å².